The van der Waals surface area contributed by atoms with E-state index in [-0.39, 0.29) is 23.5 Å². The van der Waals surface area contributed by atoms with E-state index in [1.165, 1.54) is 28.0 Å². The van der Waals surface area contributed by atoms with Crippen LogP contribution in [0.5, 0.6) is 0 Å². The molecule has 4 aromatic rings. The van der Waals surface area contributed by atoms with Crippen molar-refractivity contribution in [2.75, 3.05) is 16.0 Å². The molecule has 1 N–H and O–H groups in total. The Labute approximate surface area is 185 Å². The standard InChI is InChI=1S/C23H15N3O3S2/c27-20(24-14-6-2-1-3-7-14)13-30-23-25-18-11-10-15(12-19(18)31-23)26-21(28)16-8-4-5-9-17(16)22(26)29/h1-12H,13H2,(H,24,27). The van der Waals surface area contributed by atoms with Crippen LogP contribution in [-0.4, -0.2) is 28.5 Å². The van der Waals surface area contributed by atoms with Crippen LogP contribution in [0.3, 0.4) is 0 Å². The second-order valence-corrected chi connectivity index (χ2v) is 9.08. The van der Waals surface area contributed by atoms with Crippen LogP contribution in [0.15, 0.2) is 77.1 Å². The fourth-order valence-electron chi connectivity index (χ4n) is 3.36. The van der Waals surface area contributed by atoms with Gasteiger partial charge in [-0.15, -0.1) is 11.3 Å². The van der Waals surface area contributed by atoms with Crippen LogP contribution in [0.4, 0.5) is 11.4 Å². The molecule has 1 aliphatic rings. The minimum absolute atomic E-state index is 0.109. The predicted octanol–water partition coefficient (Wildman–Crippen LogP) is 4.83. The molecule has 3 amide bonds. The van der Waals surface area contributed by atoms with Gasteiger partial charge in [-0.1, -0.05) is 42.1 Å². The molecule has 0 radical (unpaired) electrons. The highest BCUT2D eigenvalue weighted by Gasteiger charge is 2.36. The van der Waals surface area contributed by atoms with Gasteiger partial charge >= 0.3 is 0 Å². The van der Waals surface area contributed by atoms with E-state index in [0.717, 1.165) is 20.2 Å². The molecule has 2 heterocycles. The lowest BCUT2D eigenvalue weighted by molar-refractivity contribution is -0.113. The first-order valence-corrected chi connectivity index (χ1v) is 11.3. The number of hydrogen-bond donors (Lipinski definition) is 1. The molecule has 1 aromatic heterocycles. The van der Waals surface area contributed by atoms with Gasteiger partial charge in [-0.3, -0.25) is 14.4 Å². The average molecular weight is 446 g/mol. The molecule has 0 bridgehead atoms. The number of benzene rings is 3. The zero-order chi connectivity index (χ0) is 21.4. The van der Waals surface area contributed by atoms with E-state index < -0.39 is 0 Å². The van der Waals surface area contributed by atoms with Gasteiger partial charge in [-0.05, 0) is 42.5 Å². The number of aromatic nitrogens is 1. The molecule has 8 heteroatoms. The normalized spacial score (nSPS) is 13.0. The molecule has 152 valence electrons. The first kappa shape index (κ1) is 19.5. The zero-order valence-corrected chi connectivity index (χ0v) is 17.7. The minimum Gasteiger partial charge on any atom is -0.325 e. The summed E-state index contributed by atoms with van der Waals surface area (Å²) in [6.07, 6.45) is 0. The maximum Gasteiger partial charge on any atom is 0.266 e. The second kappa shape index (κ2) is 7.98. The van der Waals surface area contributed by atoms with Gasteiger partial charge in [0.15, 0.2) is 4.34 Å². The molecule has 3 aromatic carbocycles. The van der Waals surface area contributed by atoms with Gasteiger partial charge in [0.05, 0.1) is 32.8 Å². The summed E-state index contributed by atoms with van der Waals surface area (Å²) in [6, 6.07) is 21.4. The largest absolute Gasteiger partial charge is 0.325 e. The molecule has 0 fully saturated rings. The van der Waals surface area contributed by atoms with Gasteiger partial charge in [0, 0.05) is 5.69 Å². The van der Waals surface area contributed by atoms with E-state index in [9.17, 15) is 14.4 Å². The molecule has 1 aliphatic heterocycles. The Balaban J connectivity index is 1.32. The molecular weight excluding hydrogens is 430 g/mol. The van der Waals surface area contributed by atoms with Crippen LogP contribution < -0.4 is 10.2 Å². The SMILES string of the molecule is O=C(CSc1nc2ccc(N3C(=O)c4ccccc4C3=O)cc2s1)Nc1ccccc1. The molecule has 5 rings (SSSR count). The number of anilines is 2. The van der Waals surface area contributed by atoms with Crippen molar-refractivity contribution in [1.29, 1.82) is 0 Å². The number of thioether (sulfide) groups is 1. The van der Waals surface area contributed by atoms with E-state index >= 15 is 0 Å². The molecule has 0 saturated carbocycles. The first-order chi connectivity index (χ1) is 15.1. The molecule has 0 aliphatic carbocycles. The number of hydrogen-bond acceptors (Lipinski definition) is 6. The summed E-state index contributed by atoms with van der Waals surface area (Å²) < 4.78 is 1.60. The number of imide groups is 1. The number of thiazole rings is 1. The van der Waals surface area contributed by atoms with E-state index in [1.54, 1.807) is 42.5 Å². The molecule has 31 heavy (non-hydrogen) atoms. The van der Waals surface area contributed by atoms with Crippen molar-refractivity contribution in [3.8, 4) is 0 Å². The summed E-state index contributed by atoms with van der Waals surface area (Å²) in [7, 11) is 0. The number of carbonyl (C=O) groups excluding carboxylic acids is 3. The van der Waals surface area contributed by atoms with Gasteiger partial charge in [0.25, 0.3) is 11.8 Å². The molecular formula is C23H15N3O3S2. The van der Waals surface area contributed by atoms with Gasteiger partial charge in [-0.2, -0.15) is 0 Å². The van der Waals surface area contributed by atoms with Gasteiger partial charge < -0.3 is 5.32 Å². The monoisotopic (exact) mass is 445 g/mol. The molecule has 6 nitrogen and oxygen atoms in total. The van der Waals surface area contributed by atoms with Crippen LogP contribution in [0.2, 0.25) is 0 Å². The third-order valence-corrected chi connectivity index (χ3v) is 6.95. The van der Waals surface area contributed by atoms with Crippen molar-refractivity contribution >= 4 is 62.4 Å². The van der Waals surface area contributed by atoms with Crippen LogP contribution in [0.1, 0.15) is 20.7 Å². The van der Waals surface area contributed by atoms with E-state index in [4.69, 9.17) is 0 Å². The quantitative estimate of drug-likeness (QED) is 0.352. The highest BCUT2D eigenvalue weighted by Crippen LogP contribution is 2.34. The third kappa shape index (κ3) is 3.71. The van der Waals surface area contributed by atoms with Gasteiger partial charge in [0.2, 0.25) is 5.91 Å². The van der Waals surface area contributed by atoms with Crippen molar-refractivity contribution in [2.24, 2.45) is 0 Å². The Morgan fingerprint density at radius 1 is 0.935 bits per heavy atom. The molecule has 0 atom stereocenters. The van der Waals surface area contributed by atoms with Crippen LogP contribution in [-0.2, 0) is 4.79 Å². The number of amides is 3. The average Bonchev–Trinajstić information content (AvgIpc) is 3.31. The molecule has 0 saturated heterocycles. The number of nitrogens with zero attached hydrogens (tertiary/aromatic N) is 2. The van der Waals surface area contributed by atoms with E-state index in [0.29, 0.717) is 16.8 Å². The van der Waals surface area contributed by atoms with Crippen LogP contribution in [0, 0.1) is 0 Å². The summed E-state index contributed by atoms with van der Waals surface area (Å²) in [5.41, 5.74) is 2.86. The molecule has 0 unspecified atom stereocenters. The van der Waals surface area contributed by atoms with Gasteiger partial charge in [0.1, 0.15) is 0 Å². The lowest BCUT2D eigenvalue weighted by atomic mass is 10.1. The summed E-state index contributed by atoms with van der Waals surface area (Å²) in [6.45, 7) is 0. The zero-order valence-electron chi connectivity index (χ0n) is 16.1. The van der Waals surface area contributed by atoms with Crippen molar-refractivity contribution in [1.82, 2.24) is 4.98 Å². The lowest BCUT2D eigenvalue weighted by Gasteiger charge is -2.13. The fourth-order valence-corrected chi connectivity index (χ4v) is 5.26. The Morgan fingerprint density at radius 2 is 1.61 bits per heavy atom. The highest BCUT2D eigenvalue weighted by molar-refractivity contribution is 8.01. The van der Waals surface area contributed by atoms with Gasteiger partial charge in [-0.25, -0.2) is 9.88 Å². The number of rotatable bonds is 5. The maximum atomic E-state index is 12.7. The van der Waals surface area contributed by atoms with E-state index in [1.807, 2.05) is 30.3 Å². The maximum absolute atomic E-state index is 12.7. The van der Waals surface area contributed by atoms with Crippen molar-refractivity contribution in [2.45, 2.75) is 4.34 Å². The van der Waals surface area contributed by atoms with Crippen molar-refractivity contribution < 1.29 is 14.4 Å². The van der Waals surface area contributed by atoms with Crippen LogP contribution >= 0.6 is 23.1 Å². The minimum atomic E-state index is -0.323. The third-order valence-electron chi connectivity index (χ3n) is 4.79. The van der Waals surface area contributed by atoms with Crippen molar-refractivity contribution in [3.63, 3.8) is 0 Å². The fraction of sp³-hybridized carbons (Fsp3) is 0.0435. The lowest BCUT2D eigenvalue weighted by Crippen LogP contribution is -2.29. The Hall–Kier alpha value is -3.49. The second-order valence-electron chi connectivity index (χ2n) is 6.83. The Bertz CT molecular complexity index is 1300. The Morgan fingerprint density at radius 3 is 2.32 bits per heavy atom. The first-order valence-electron chi connectivity index (χ1n) is 9.46. The predicted molar refractivity (Wildman–Crippen MR) is 123 cm³/mol. The van der Waals surface area contributed by atoms with Crippen LogP contribution in [0.25, 0.3) is 10.2 Å². The number of fused-ring (bicyclic) bond motifs is 2. The number of nitrogens with one attached hydrogen (secondary N) is 1. The smallest absolute Gasteiger partial charge is 0.266 e. The number of para-hydroxylation sites is 1. The summed E-state index contributed by atoms with van der Waals surface area (Å²) in [5.74, 6) is -0.518. The van der Waals surface area contributed by atoms with Crippen molar-refractivity contribution in [3.05, 3.63) is 83.9 Å². The number of carbonyl (C=O) groups is 3. The highest BCUT2D eigenvalue weighted by atomic mass is 32.2. The molecule has 0 spiro atoms. The van der Waals surface area contributed by atoms with E-state index in [2.05, 4.69) is 10.3 Å². The summed E-state index contributed by atoms with van der Waals surface area (Å²) in [5, 5.41) is 2.85. The Kier molecular flexibility index (Phi) is 5.01. The topological polar surface area (TPSA) is 79.4 Å². The summed E-state index contributed by atoms with van der Waals surface area (Å²) in [4.78, 5) is 43.4. The summed E-state index contributed by atoms with van der Waals surface area (Å²) >= 11 is 2.78.